The summed E-state index contributed by atoms with van der Waals surface area (Å²) in [6.45, 7) is 3.24. The molecule has 0 saturated heterocycles. The Hall–Kier alpha value is -1.72. The van der Waals surface area contributed by atoms with Crippen LogP contribution in [0.5, 0.6) is 0 Å². The Morgan fingerprint density at radius 2 is 2.11 bits per heavy atom. The number of hydrogen-bond acceptors (Lipinski definition) is 3. The molecule has 2 aromatic rings. The number of quaternary nitrogens is 1. The van der Waals surface area contributed by atoms with Crippen molar-refractivity contribution in [1.29, 1.82) is 0 Å². The molecular formula is C14H18N3OS+. The summed E-state index contributed by atoms with van der Waals surface area (Å²) in [5.41, 5.74) is 3.41. The van der Waals surface area contributed by atoms with E-state index in [-0.39, 0.29) is 5.91 Å². The van der Waals surface area contributed by atoms with Gasteiger partial charge < -0.3 is 10.6 Å². The van der Waals surface area contributed by atoms with Crippen molar-refractivity contribution in [2.24, 2.45) is 0 Å². The fraction of sp³-hybridized carbons (Fsp3) is 0.286. The Morgan fingerprint density at radius 1 is 1.37 bits per heavy atom. The molecule has 2 rings (SSSR count). The Labute approximate surface area is 116 Å². The van der Waals surface area contributed by atoms with Gasteiger partial charge in [0.25, 0.3) is 5.91 Å². The minimum Gasteiger partial charge on any atom is -0.354 e. The zero-order chi connectivity index (χ0) is 13.7. The third-order valence-electron chi connectivity index (χ3n) is 2.81. The molecule has 100 valence electrons. The molecule has 0 aliphatic carbocycles. The number of rotatable bonds is 5. The van der Waals surface area contributed by atoms with E-state index in [1.54, 1.807) is 18.4 Å². The van der Waals surface area contributed by atoms with Gasteiger partial charge >= 0.3 is 0 Å². The lowest BCUT2D eigenvalue weighted by atomic mass is 10.2. The maximum Gasteiger partial charge on any atom is 0.274 e. The highest BCUT2D eigenvalue weighted by atomic mass is 32.1. The van der Waals surface area contributed by atoms with Gasteiger partial charge in [0.15, 0.2) is 6.54 Å². The molecule has 0 bridgehead atoms. The van der Waals surface area contributed by atoms with Crippen LogP contribution in [0.2, 0.25) is 0 Å². The van der Waals surface area contributed by atoms with E-state index in [0.717, 1.165) is 22.8 Å². The van der Waals surface area contributed by atoms with Crippen molar-refractivity contribution in [3.63, 3.8) is 0 Å². The van der Waals surface area contributed by atoms with Crippen molar-refractivity contribution in [2.45, 2.75) is 13.5 Å². The Balaban J connectivity index is 1.95. The number of benzene rings is 1. The SMILES string of the molecule is CNC(=O)C[NH2+]Cc1csc(-c2ccc(C)cc2)n1. The highest BCUT2D eigenvalue weighted by Gasteiger charge is 2.07. The summed E-state index contributed by atoms with van der Waals surface area (Å²) in [4.78, 5) is 15.7. The van der Waals surface area contributed by atoms with Crippen molar-refractivity contribution >= 4 is 17.2 Å². The van der Waals surface area contributed by atoms with Gasteiger partial charge in [-0.15, -0.1) is 11.3 Å². The molecule has 1 aromatic carbocycles. The second-order valence-electron chi connectivity index (χ2n) is 4.38. The molecule has 3 N–H and O–H groups in total. The summed E-state index contributed by atoms with van der Waals surface area (Å²) >= 11 is 1.64. The van der Waals surface area contributed by atoms with E-state index < -0.39 is 0 Å². The number of nitrogens with one attached hydrogen (secondary N) is 1. The number of aromatic nitrogens is 1. The van der Waals surface area contributed by atoms with Crippen LogP contribution in [0, 0.1) is 6.92 Å². The van der Waals surface area contributed by atoms with E-state index in [0.29, 0.717) is 6.54 Å². The molecule has 0 spiro atoms. The largest absolute Gasteiger partial charge is 0.354 e. The Morgan fingerprint density at radius 3 is 2.79 bits per heavy atom. The molecule has 0 fully saturated rings. The van der Waals surface area contributed by atoms with Crippen molar-refractivity contribution in [1.82, 2.24) is 10.3 Å². The summed E-state index contributed by atoms with van der Waals surface area (Å²) in [5.74, 6) is 0.0361. The average Bonchev–Trinajstić information content (AvgIpc) is 2.88. The van der Waals surface area contributed by atoms with Crippen LogP contribution >= 0.6 is 11.3 Å². The molecule has 0 aliphatic heterocycles. The van der Waals surface area contributed by atoms with Crippen LogP contribution in [0.4, 0.5) is 0 Å². The van der Waals surface area contributed by atoms with Gasteiger partial charge in [-0.2, -0.15) is 0 Å². The molecule has 0 radical (unpaired) electrons. The number of likely N-dealkylation sites (N-methyl/N-ethyl adjacent to an activating group) is 1. The molecule has 0 aliphatic rings. The van der Waals surface area contributed by atoms with E-state index in [1.165, 1.54) is 5.56 Å². The van der Waals surface area contributed by atoms with E-state index in [1.807, 2.05) is 5.32 Å². The van der Waals surface area contributed by atoms with E-state index >= 15 is 0 Å². The maximum absolute atomic E-state index is 11.1. The van der Waals surface area contributed by atoms with Crippen LogP contribution in [0.3, 0.4) is 0 Å². The molecular weight excluding hydrogens is 258 g/mol. The summed E-state index contributed by atoms with van der Waals surface area (Å²) in [6, 6.07) is 8.36. The molecule has 5 heteroatoms. The molecule has 1 amide bonds. The van der Waals surface area contributed by atoms with Crippen LogP contribution in [0.25, 0.3) is 10.6 Å². The van der Waals surface area contributed by atoms with Crippen molar-refractivity contribution in [2.75, 3.05) is 13.6 Å². The predicted molar refractivity (Wildman–Crippen MR) is 76.9 cm³/mol. The molecule has 1 aromatic heterocycles. The Bertz CT molecular complexity index is 548. The van der Waals surface area contributed by atoms with Gasteiger partial charge in [-0.3, -0.25) is 4.79 Å². The topological polar surface area (TPSA) is 58.6 Å². The van der Waals surface area contributed by atoms with E-state index in [9.17, 15) is 4.79 Å². The average molecular weight is 276 g/mol. The zero-order valence-electron chi connectivity index (χ0n) is 11.1. The van der Waals surface area contributed by atoms with Crippen LogP contribution in [0.15, 0.2) is 29.6 Å². The first kappa shape index (κ1) is 13.7. The van der Waals surface area contributed by atoms with Crippen LogP contribution in [-0.2, 0) is 11.3 Å². The fourth-order valence-electron chi connectivity index (χ4n) is 1.68. The first-order valence-electron chi connectivity index (χ1n) is 6.22. The summed E-state index contributed by atoms with van der Waals surface area (Å²) in [6.07, 6.45) is 0. The van der Waals surface area contributed by atoms with Crippen molar-refractivity contribution in [3.05, 3.63) is 40.9 Å². The minimum atomic E-state index is 0.0361. The third-order valence-corrected chi connectivity index (χ3v) is 3.75. The van der Waals surface area contributed by atoms with Crippen molar-refractivity contribution in [3.8, 4) is 10.6 Å². The number of nitrogens with two attached hydrogens (primary N) is 1. The van der Waals surface area contributed by atoms with Gasteiger partial charge in [0, 0.05) is 18.0 Å². The number of carbonyl (C=O) groups is 1. The van der Waals surface area contributed by atoms with E-state index in [4.69, 9.17) is 0 Å². The predicted octanol–water partition coefficient (Wildman–Crippen LogP) is 0.928. The standard InChI is InChI=1S/C14H17N3OS/c1-10-3-5-11(6-4-10)14-17-12(9-19-14)7-16-8-13(18)15-2/h3-6,9,16H,7-8H2,1-2H3,(H,15,18)/p+1. The van der Waals surface area contributed by atoms with Crippen LogP contribution < -0.4 is 10.6 Å². The lowest BCUT2D eigenvalue weighted by molar-refractivity contribution is -0.660. The lowest BCUT2D eigenvalue weighted by Crippen LogP contribution is -2.85. The maximum atomic E-state index is 11.1. The highest BCUT2D eigenvalue weighted by Crippen LogP contribution is 2.23. The second kappa shape index (κ2) is 6.45. The number of amides is 1. The van der Waals surface area contributed by atoms with Crippen LogP contribution in [0.1, 0.15) is 11.3 Å². The molecule has 1 heterocycles. The van der Waals surface area contributed by atoms with Gasteiger partial charge in [-0.05, 0) is 6.92 Å². The van der Waals surface area contributed by atoms with Crippen LogP contribution in [-0.4, -0.2) is 24.5 Å². The summed E-state index contributed by atoms with van der Waals surface area (Å²) in [5, 5.41) is 7.63. The molecule has 4 nitrogen and oxygen atoms in total. The summed E-state index contributed by atoms with van der Waals surface area (Å²) in [7, 11) is 1.65. The van der Waals surface area contributed by atoms with Gasteiger partial charge in [0.2, 0.25) is 0 Å². The highest BCUT2D eigenvalue weighted by molar-refractivity contribution is 7.13. The first-order valence-corrected chi connectivity index (χ1v) is 7.10. The molecule has 0 unspecified atom stereocenters. The number of aryl methyl sites for hydroxylation is 1. The zero-order valence-corrected chi connectivity index (χ0v) is 12.0. The van der Waals surface area contributed by atoms with Crippen molar-refractivity contribution < 1.29 is 10.1 Å². The first-order chi connectivity index (χ1) is 9.19. The number of carbonyl (C=O) groups excluding carboxylic acids is 1. The normalized spacial score (nSPS) is 10.4. The van der Waals surface area contributed by atoms with Gasteiger partial charge in [0.1, 0.15) is 17.2 Å². The Kier molecular flexibility index (Phi) is 4.65. The summed E-state index contributed by atoms with van der Waals surface area (Å²) < 4.78 is 0. The number of thiazole rings is 1. The number of hydrogen-bond donors (Lipinski definition) is 2. The van der Waals surface area contributed by atoms with E-state index in [2.05, 4.69) is 46.9 Å². The lowest BCUT2D eigenvalue weighted by Gasteiger charge is -1.98. The van der Waals surface area contributed by atoms with Gasteiger partial charge in [-0.25, -0.2) is 4.98 Å². The fourth-order valence-corrected chi connectivity index (χ4v) is 2.52. The van der Waals surface area contributed by atoms with Gasteiger partial charge in [-0.1, -0.05) is 29.8 Å². The molecule has 0 saturated carbocycles. The monoisotopic (exact) mass is 276 g/mol. The third kappa shape index (κ3) is 3.87. The quantitative estimate of drug-likeness (QED) is 0.853. The molecule has 0 atom stereocenters. The smallest absolute Gasteiger partial charge is 0.274 e. The second-order valence-corrected chi connectivity index (χ2v) is 5.24. The number of nitrogens with zero attached hydrogens (tertiary/aromatic N) is 1. The minimum absolute atomic E-state index is 0.0361. The van der Waals surface area contributed by atoms with Gasteiger partial charge in [0.05, 0.1) is 0 Å². The molecule has 19 heavy (non-hydrogen) atoms.